The lowest BCUT2D eigenvalue weighted by Gasteiger charge is -2.15. The fourth-order valence-corrected chi connectivity index (χ4v) is 4.33. The number of imidazole rings is 1. The third-order valence-electron chi connectivity index (χ3n) is 5.64. The highest BCUT2D eigenvalue weighted by atomic mass is 32.2. The molecule has 5 aromatic heterocycles. The lowest BCUT2D eigenvalue weighted by Crippen LogP contribution is -2.07. The molecule has 0 saturated heterocycles. The van der Waals surface area contributed by atoms with E-state index >= 15 is 0 Å². The monoisotopic (exact) mass is 469 g/mol. The van der Waals surface area contributed by atoms with Crippen molar-refractivity contribution < 1.29 is 9.15 Å². The van der Waals surface area contributed by atoms with E-state index in [4.69, 9.17) is 19.1 Å². The molecule has 0 aliphatic heterocycles. The van der Waals surface area contributed by atoms with Crippen LogP contribution >= 0.6 is 11.8 Å². The number of thioether (sulfide) groups is 1. The number of aryl methyl sites for hydroxylation is 1. The number of nitrogens with zero attached hydrogens (tertiary/aromatic N) is 7. The molecule has 0 N–H and O–H groups in total. The predicted octanol–water partition coefficient (Wildman–Crippen LogP) is 4.82. The normalized spacial score (nSPS) is 11.5. The van der Waals surface area contributed by atoms with Gasteiger partial charge in [-0.15, -0.1) is 5.10 Å². The van der Waals surface area contributed by atoms with E-state index in [1.54, 1.807) is 18.1 Å². The van der Waals surface area contributed by atoms with Gasteiger partial charge >= 0.3 is 0 Å². The zero-order chi connectivity index (χ0) is 23.2. The number of methoxy groups -OCH3 is 1. The van der Waals surface area contributed by atoms with E-state index in [0.29, 0.717) is 33.7 Å². The molecule has 34 heavy (non-hydrogen) atoms. The van der Waals surface area contributed by atoms with E-state index in [0.717, 1.165) is 28.0 Å². The maximum atomic E-state index is 5.79. The number of fused-ring (bicyclic) bond motifs is 2. The first-order valence-electron chi connectivity index (χ1n) is 10.5. The molecule has 0 aliphatic rings. The van der Waals surface area contributed by atoms with E-state index in [2.05, 4.69) is 15.3 Å². The molecule has 10 heteroatoms. The summed E-state index contributed by atoms with van der Waals surface area (Å²) in [6.45, 7) is 2.02. The number of hydrogen-bond donors (Lipinski definition) is 0. The summed E-state index contributed by atoms with van der Waals surface area (Å²) >= 11 is 1.45. The highest BCUT2D eigenvalue weighted by Crippen LogP contribution is 2.37. The Labute approximate surface area is 198 Å². The van der Waals surface area contributed by atoms with Gasteiger partial charge in [-0.1, -0.05) is 17.0 Å². The molecule has 9 nitrogen and oxygen atoms in total. The average Bonchev–Trinajstić information content (AvgIpc) is 3.63. The SMILES string of the molecule is COc1ccc2c(c1)nnn2-c1nc(SC)nc(-c2ccco2)c1-c1ccc2ncc(C)n2c1. The van der Waals surface area contributed by atoms with Crippen molar-refractivity contribution in [2.45, 2.75) is 12.1 Å². The molecule has 6 aromatic rings. The van der Waals surface area contributed by atoms with Crippen LogP contribution in [0.15, 0.2) is 70.7 Å². The third kappa shape index (κ3) is 3.22. The number of pyridine rings is 1. The van der Waals surface area contributed by atoms with E-state index in [1.165, 1.54) is 11.8 Å². The maximum Gasteiger partial charge on any atom is 0.190 e. The van der Waals surface area contributed by atoms with Crippen LogP contribution in [0.3, 0.4) is 0 Å². The van der Waals surface area contributed by atoms with Gasteiger partial charge in [-0.05, 0) is 49.6 Å². The molecular formula is C24H19N7O2S. The second kappa shape index (κ2) is 7.99. The Morgan fingerprint density at radius 2 is 2.00 bits per heavy atom. The molecule has 0 fully saturated rings. The standard InChI is InChI=1S/C24H19N7O2S/c1-14-12-25-20-9-6-15(13-30(14)20)21-22(19-5-4-10-33-19)26-24(34-3)27-23(21)31-18-8-7-16(32-2)11-17(18)28-29-31/h4-13H,1-3H3. The number of furan rings is 1. The van der Waals surface area contributed by atoms with Crippen molar-refractivity contribution in [3.05, 3.63) is 66.8 Å². The largest absolute Gasteiger partial charge is 0.497 e. The van der Waals surface area contributed by atoms with Crippen molar-refractivity contribution in [2.24, 2.45) is 0 Å². The number of hydrogen-bond acceptors (Lipinski definition) is 8. The molecule has 0 unspecified atom stereocenters. The molecule has 0 amide bonds. The summed E-state index contributed by atoms with van der Waals surface area (Å²) in [6.07, 6.45) is 7.46. The minimum Gasteiger partial charge on any atom is -0.497 e. The van der Waals surface area contributed by atoms with Gasteiger partial charge in [-0.2, -0.15) is 4.68 Å². The van der Waals surface area contributed by atoms with Crippen molar-refractivity contribution in [2.75, 3.05) is 13.4 Å². The van der Waals surface area contributed by atoms with Crippen molar-refractivity contribution in [3.63, 3.8) is 0 Å². The van der Waals surface area contributed by atoms with Crippen LogP contribution in [0.1, 0.15) is 5.69 Å². The van der Waals surface area contributed by atoms with Gasteiger partial charge in [0.1, 0.15) is 22.6 Å². The molecule has 1 aromatic carbocycles. The molecule has 6 rings (SSSR count). The number of benzene rings is 1. The first kappa shape index (κ1) is 20.4. The summed E-state index contributed by atoms with van der Waals surface area (Å²) in [4.78, 5) is 14.2. The highest BCUT2D eigenvalue weighted by Gasteiger charge is 2.23. The molecule has 0 spiro atoms. The quantitative estimate of drug-likeness (QED) is 0.262. The summed E-state index contributed by atoms with van der Waals surface area (Å²) in [5.41, 5.74) is 5.76. The minimum atomic E-state index is 0.599. The zero-order valence-electron chi connectivity index (χ0n) is 18.6. The zero-order valence-corrected chi connectivity index (χ0v) is 19.4. The van der Waals surface area contributed by atoms with Gasteiger partial charge in [0.2, 0.25) is 0 Å². The molecule has 0 radical (unpaired) electrons. The van der Waals surface area contributed by atoms with E-state index < -0.39 is 0 Å². The van der Waals surface area contributed by atoms with Gasteiger partial charge in [0.05, 0.1) is 24.5 Å². The predicted molar refractivity (Wildman–Crippen MR) is 129 cm³/mol. The second-order valence-electron chi connectivity index (χ2n) is 7.64. The molecular weight excluding hydrogens is 450 g/mol. The van der Waals surface area contributed by atoms with Crippen LogP contribution in [0.5, 0.6) is 5.75 Å². The Balaban J connectivity index is 1.70. The summed E-state index contributed by atoms with van der Waals surface area (Å²) in [5.74, 6) is 1.96. The topological polar surface area (TPSA) is 96.2 Å². The fourth-order valence-electron chi connectivity index (χ4n) is 3.97. The smallest absolute Gasteiger partial charge is 0.190 e. The maximum absolute atomic E-state index is 5.79. The Morgan fingerprint density at radius 1 is 1.09 bits per heavy atom. The lowest BCUT2D eigenvalue weighted by atomic mass is 10.0. The van der Waals surface area contributed by atoms with Gasteiger partial charge in [-0.25, -0.2) is 15.0 Å². The Morgan fingerprint density at radius 3 is 2.79 bits per heavy atom. The molecule has 5 heterocycles. The van der Waals surface area contributed by atoms with Crippen molar-refractivity contribution in [1.29, 1.82) is 0 Å². The highest BCUT2D eigenvalue weighted by molar-refractivity contribution is 7.98. The van der Waals surface area contributed by atoms with Crippen molar-refractivity contribution in [3.8, 4) is 34.1 Å². The van der Waals surface area contributed by atoms with Crippen molar-refractivity contribution in [1.82, 2.24) is 34.3 Å². The van der Waals surface area contributed by atoms with E-state index in [9.17, 15) is 0 Å². The fraction of sp³-hybridized carbons (Fsp3) is 0.125. The van der Waals surface area contributed by atoms with E-state index in [-0.39, 0.29) is 0 Å². The van der Waals surface area contributed by atoms with Gasteiger partial charge in [0.15, 0.2) is 16.7 Å². The Kier molecular flexibility index (Phi) is 4.80. The van der Waals surface area contributed by atoms with Crippen LogP contribution in [0, 0.1) is 6.92 Å². The van der Waals surface area contributed by atoms with E-state index in [1.807, 2.05) is 72.4 Å². The Hall–Kier alpha value is -4.18. The van der Waals surface area contributed by atoms with Gasteiger partial charge in [0, 0.05) is 29.7 Å². The third-order valence-corrected chi connectivity index (χ3v) is 6.19. The average molecular weight is 470 g/mol. The van der Waals surface area contributed by atoms with Crippen LogP contribution in [-0.4, -0.2) is 47.7 Å². The second-order valence-corrected chi connectivity index (χ2v) is 8.41. The van der Waals surface area contributed by atoms with Crippen LogP contribution in [-0.2, 0) is 0 Å². The van der Waals surface area contributed by atoms with Crippen LogP contribution in [0.4, 0.5) is 0 Å². The number of rotatable bonds is 5. The lowest BCUT2D eigenvalue weighted by molar-refractivity contribution is 0.415. The van der Waals surface area contributed by atoms with Gasteiger partial charge in [0.25, 0.3) is 0 Å². The van der Waals surface area contributed by atoms with Crippen LogP contribution < -0.4 is 4.74 Å². The molecule has 168 valence electrons. The first-order valence-corrected chi connectivity index (χ1v) is 11.7. The summed E-state index contributed by atoms with van der Waals surface area (Å²) < 4.78 is 14.9. The molecule has 0 atom stereocenters. The summed E-state index contributed by atoms with van der Waals surface area (Å²) in [5, 5.41) is 9.43. The number of aromatic nitrogens is 7. The summed E-state index contributed by atoms with van der Waals surface area (Å²) in [6, 6.07) is 13.4. The van der Waals surface area contributed by atoms with Gasteiger partial charge in [-0.3, -0.25) is 0 Å². The number of ether oxygens (including phenoxy) is 1. The molecule has 0 saturated carbocycles. The Bertz CT molecular complexity index is 1650. The van der Waals surface area contributed by atoms with Gasteiger partial charge < -0.3 is 13.6 Å². The molecule has 0 bridgehead atoms. The summed E-state index contributed by atoms with van der Waals surface area (Å²) in [7, 11) is 1.63. The van der Waals surface area contributed by atoms with Crippen LogP contribution in [0.2, 0.25) is 0 Å². The molecule has 0 aliphatic carbocycles. The van der Waals surface area contributed by atoms with Crippen LogP contribution in [0.25, 0.3) is 45.1 Å². The minimum absolute atomic E-state index is 0.599. The first-order chi connectivity index (χ1) is 16.7. The van der Waals surface area contributed by atoms with Crippen molar-refractivity contribution >= 4 is 28.4 Å².